The van der Waals surface area contributed by atoms with Crippen LogP contribution in [0.25, 0.3) is 5.70 Å². The lowest BCUT2D eigenvalue weighted by atomic mass is 10.2. The molecule has 0 saturated heterocycles. The van der Waals surface area contributed by atoms with Gasteiger partial charge in [-0.05, 0) is 69.1 Å². The highest BCUT2D eigenvalue weighted by Crippen LogP contribution is 2.28. The standard InChI is InChI=1S/C15H18N4S2.C8H8ClNO/c1-10-5-6-14(17-7-10)18-9-20-8-13(16-4)15-11(2)19-12(3)21-15;1-6-2-3-7(10-5-11)4-8(6)9/h5-8H,4,9H2,1-3H3,(H,17,18);2-5H,1H3,(H,10,11)/b13-8-;. The first kappa shape index (κ1) is 25.6. The van der Waals surface area contributed by atoms with Crippen molar-refractivity contribution in [2.24, 2.45) is 4.99 Å². The highest BCUT2D eigenvalue weighted by Gasteiger charge is 2.08. The first-order valence-electron chi connectivity index (χ1n) is 9.69. The second-order valence-corrected chi connectivity index (χ2v) is 9.21. The molecule has 9 heteroatoms. The molecule has 1 amide bonds. The van der Waals surface area contributed by atoms with Gasteiger partial charge in [-0.25, -0.2) is 9.97 Å². The zero-order valence-electron chi connectivity index (χ0n) is 18.5. The van der Waals surface area contributed by atoms with E-state index in [-0.39, 0.29) is 0 Å². The van der Waals surface area contributed by atoms with E-state index in [0.29, 0.717) is 11.4 Å². The Morgan fingerprint density at radius 1 is 1.25 bits per heavy atom. The average Bonchev–Trinajstić information content (AvgIpc) is 3.10. The van der Waals surface area contributed by atoms with E-state index in [0.717, 1.165) is 49.8 Å². The summed E-state index contributed by atoms with van der Waals surface area (Å²) >= 11 is 9.07. The summed E-state index contributed by atoms with van der Waals surface area (Å²) in [5.41, 5.74) is 4.76. The number of hydrogen-bond acceptors (Lipinski definition) is 7. The van der Waals surface area contributed by atoms with Crippen LogP contribution in [0, 0.1) is 27.7 Å². The minimum absolute atomic E-state index is 0.626. The lowest BCUT2D eigenvalue weighted by molar-refractivity contribution is -0.105. The van der Waals surface area contributed by atoms with E-state index in [1.807, 2.05) is 57.5 Å². The molecule has 3 rings (SSSR count). The Morgan fingerprint density at radius 3 is 2.59 bits per heavy atom. The number of aliphatic imine (C=N–C) groups is 1. The van der Waals surface area contributed by atoms with Crippen molar-refractivity contribution in [1.82, 2.24) is 9.97 Å². The monoisotopic (exact) mass is 487 g/mol. The molecule has 0 radical (unpaired) electrons. The first-order valence-corrected chi connectivity index (χ1v) is 11.9. The summed E-state index contributed by atoms with van der Waals surface area (Å²) in [6, 6.07) is 9.38. The van der Waals surface area contributed by atoms with Crippen molar-refractivity contribution in [3.63, 3.8) is 0 Å². The van der Waals surface area contributed by atoms with Crippen molar-refractivity contribution in [3.8, 4) is 0 Å². The number of halogens is 1. The van der Waals surface area contributed by atoms with Crippen molar-refractivity contribution in [2.75, 3.05) is 16.5 Å². The van der Waals surface area contributed by atoms with Gasteiger partial charge in [0, 0.05) is 16.9 Å². The Bertz CT molecular complexity index is 1080. The number of nitrogens with one attached hydrogen (secondary N) is 2. The molecule has 2 N–H and O–H groups in total. The Hall–Kier alpha value is -2.68. The number of aryl methyl sites for hydroxylation is 4. The van der Waals surface area contributed by atoms with Gasteiger partial charge in [0.1, 0.15) is 5.82 Å². The minimum Gasteiger partial charge on any atom is -0.361 e. The van der Waals surface area contributed by atoms with E-state index in [9.17, 15) is 4.79 Å². The SMILES string of the molecule is C=N/C(=C\SCNc1ccc(C)cn1)c1sc(C)nc1C.Cc1ccc(NC=O)cc1Cl. The van der Waals surface area contributed by atoms with Crippen LogP contribution in [0.5, 0.6) is 0 Å². The van der Waals surface area contributed by atoms with Crippen LogP contribution in [-0.2, 0) is 4.79 Å². The quantitative estimate of drug-likeness (QED) is 0.164. The molecule has 0 fully saturated rings. The summed E-state index contributed by atoms with van der Waals surface area (Å²) in [6.45, 7) is 11.6. The molecule has 0 bridgehead atoms. The Morgan fingerprint density at radius 2 is 2.03 bits per heavy atom. The Kier molecular flexibility index (Phi) is 10.4. The number of anilines is 2. The smallest absolute Gasteiger partial charge is 0.211 e. The summed E-state index contributed by atoms with van der Waals surface area (Å²) in [4.78, 5) is 23.9. The Balaban J connectivity index is 0.000000278. The number of hydrogen-bond donors (Lipinski definition) is 2. The van der Waals surface area contributed by atoms with Gasteiger partial charge in [-0.15, -0.1) is 23.1 Å². The van der Waals surface area contributed by atoms with Gasteiger partial charge in [-0.2, -0.15) is 0 Å². The topological polar surface area (TPSA) is 79.3 Å². The molecule has 6 nitrogen and oxygen atoms in total. The molecule has 32 heavy (non-hydrogen) atoms. The summed E-state index contributed by atoms with van der Waals surface area (Å²) in [5, 5.41) is 9.48. The number of thiazole rings is 1. The van der Waals surface area contributed by atoms with E-state index in [2.05, 4.69) is 32.3 Å². The summed E-state index contributed by atoms with van der Waals surface area (Å²) in [7, 11) is 0. The zero-order chi connectivity index (χ0) is 23.5. The van der Waals surface area contributed by atoms with E-state index in [1.165, 1.54) is 0 Å². The average molecular weight is 488 g/mol. The molecular formula is C23H26ClN5OS2. The molecule has 2 heterocycles. The fourth-order valence-corrected chi connectivity index (χ4v) is 4.31. The number of nitrogens with zero attached hydrogens (tertiary/aromatic N) is 3. The molecule has 1 aromatic carbocycles. The van der Waals surface area contributed by atoms with Gasteiger partial charge < -0.3 is 10.6 Å². The molecule has 3 aromatic rings. The molecule has 0 saturated carbocycles. The van der Waals surface area contributed by atoms with Crippen molar-refractivity contribution in [2.45, 2.75) is 27.7 Å². The van der Waals surface area contributed by atoms with Gasteiger partial charge in [0.2, 0.25) is 6.41 Å². The highest BCUT2D eigenvalue weighted by molar-refractivity contribution is 8.02. The van der Waals surface area contributed by atoms with Gasteiger partial charge in [0.05, 0.1) is 27.2 Å². The van der Waals surface area contributed by atoms with E-state index in [1.54, 1.807) is 35.2 Å². The fourth-order valence-electron chi connectivity index (χ4n) is 2.49. The number of benzene rings is 1. The third-order valence-electron chi connectivity index (χ3n) is 4.15. The third-order valence-corrected chi connectivity index (χ3v) is 6.35. The summed E-state index contributed by atoms with van der Waals surface area (Å²) < 4.78 is 0. The molecule has 0 aliphatic carbocycles. The predicted molar refractivity (Wildman–Crippen MR) is 140 cm³/mol. The van der Waals surface area contributed by atoms with Crippen molar-refractivity contribution in [1.29, 1.82) is 0 Å². The summed E-state index contributed by atoms with van der Waals surface area (Å²) in [6.07, 6.45) is 2.48. The second-order valence-electron chi connectivity index (χ2n) is 6.74. The number of amides is 1. The highest BCUT2D eigenvalue weighted by atomic mass is 35.5. The lowest BCUT2D eigenvalue weighted by Gasteiger charge is -2.04. The van der Waals surface area contributed by atoms with Crippen LogP contribution in [0.15, 0.2) is 46.9 Å². The van der Waals surface area contributed by atoms with Gasteiger partial charge in [-0.1, -0.05) is 23.7 Å². The van der Waals surface area contributed by atoms with Crippen molar-refractivity contribution < 1.29 is 4.79 Å². The second kappa shape index (κ2) is 13.0. The maximum atomic E-state index is 10.0. The number of carbonyl (C=O) groups excluding carboxylic acids is 1. The van der Waals surface area contributed by atoms with Crippen molar-refractivity contribution in [3.05, 3.63) is 73.7 Å². The van der Waals surface area contributed by atoms with Gasteiger partial charge in [-0.3, -0.25) is 9.79 Å². The minimum atomic E-state index is 0.626. The molecular weight excluding hydrogens is 462 g/mol. The van der Waals surface area contributed by atoms with Crippen LogP contribution in [0.2, 0.25) is 5.02 Å². The Labute approximate surface area is 202 Å². The van der Waals surface area contributed by atoms with Crippen LogP contribution in [0.3, 0.4) is 0 Å². The molecule has 2 aromatic heterocycles. The maximum Gasteiger partial charge on any atom is 0.211 e. The number of rotatable bonds is 8. The maximum absolute atomic E-state index is 10.0. The van der Waals surface area contributed by atoms with Crippen LogP contribution >= 0.6 is 34.7 Å². The first-order chi connectivity index (χ1) is 15.3. The van der Waals surface area contributed by atoms with Gasteiger partial charge in [0.15, 0.2) is 0 Å². The van der Waals surface area contributed by atoms with Crippen molar-refractivity contribution >= 4 is 65.0 Å². The van der Waals surface area contributed by atoms with Crippen LogP contribution < -0.4 is 10.6 Å². The van der Waals surface area contributed by atoms with Gasteiger partial charge in [0.25, 0.3) is 0 Å². The van der Waals surface area contributed by atoms with E-state index >= 15 is 0 Å². The van der Waals surface area contributed by atoms with Crippen LogP contribution in [0.1, 0.15) is 26.7 Å². The largest absolute Gasteiger partial charge is 0.361 e. The third kappa shape index (κ3) is 8.11. The molecule has 0 spiro atoms. The summed E-state index contributed by atoms with van der Waals surface area (Å²) in [5.74, 6) is 1.60. The predicted octanol–water partition coefficient (Wildman–Crippen LogP) is 6.48. The molecule has 0 atom stereocenters. The molecule has 0 unspecified atom stereocenters. The van der Waals surface area contributed by atoms with Gasteiger partial charge >= 0.3 is 0 Å². The number of carbonyl (C=O) groups is 1. The molecule has 168 valence electrons. The fraction of sp³-hybridized carbons (Fsp3) is 0.217. The van der Waals surface area contributed by atoms with Crippen LogP contribution in [-0.4, -0.2) is 29.0 Å². The lowest BCUT2D eigenvalue weighted by Crippen LogP contribution is -1.98. The van der Waals surface area contributed by atoms with E-state index in [4.69, 9.17) is 11.6 Å². The molecule has 0 aliphatic rings. The van der Waals surface area contributed by atoms with Crippen LogP contribution in [0.4, 0.5) is 11.5 Å². The normalized spacial score (nSPS) is 10.7. The van der Waals surface area contributed by atoms with E-state index < -0.39 is 0 Å². The molecule has 0 aliphatic heterocycles. The number of thioether (sulfide) groups is 1. The number of aromatic nitrogens is 2. The number of pyridine rings is 1. The zero-order valence-corrected chi connectivity index (χ0v) is 20.9.